The van der Waals surface area contributed by atoms with Gasteiger partial charge in [0.15, 0.2) is 0 Å². The van der Waals surface area contributed by atoms with Gasteiger partial charge in [0.1, 0.15) is 5.65 Å². The van der Waals surface area contributed by atoms with Crippen LogP contribution >= 0.6 is 11.8 Å². The summed E-state index contributed by atoms with van der Waals surface area (Å²) in [6.45, 7) is 5.08. The van der Waals surface area contributed by atoms with Crippen molar-refractivity contribution in [2.75, 3.05) is 45.8 Å². The molecule has 3 aromatic rings. The number of carbonyl (C=O) groups excluding carboxylic acids is 2. The molecular weight excluding hydrogens is 446 g/mol. The number of piperidine rings is 1. The highest BCUT2D eigenvalue weighted by atomic mass is 32.2. The van der Waals surface area contributed by atoms with Crippen LogP contribution in [0.1, 0.15) is 35.3 Å². The highest BCUT2D eigenvalue weighted by Gasteiger charge is 2.25. The maximum Gasteiger partial charge on any atom is 0.253 e. The predicted molar refractivity (Wildman–Crippen MR) is 134 cm³/mol. The van der Waals surface area contributed by atoms with Gasteiger partial charge < -0.3 is 14.2 Å². The summed E-state index contributed by atoms with van der Waals surface area (Å²) in [5.41, 5.74) is 2.71. The lowest BCUT2D eigenvalue weighted by Gasteiger charge is -2.36. The Morgan fingerprint density at radius 1 is 0.853 bits per heavy atom. The molecule has 34 heavy (non-hydrogen) atoms. The fraction of sp³-hybridized carbons (Fsp3) is 0.423. The number of pyridine rings is 1. The standard InChI is InChI=1S/C26H31N5O2S/c32-25(29-11-3-1-4-12-29)19-28-14-16-30(17-15-28)26(33)21-7-9-23(10-8-21)34-20-22-18-31-13-5-2-6-24(31)27-22/h2,5-10,13,18H,1,3-4,11-12,14-17,19-20H2. The molecule has 2 aliphatic heterocycles. The van der Waals surface area contributed by atoms with E-state index in [0.29, 0.717) is 19.6 Å². The normalized spacial score (nSPS) is 17.3. The second-order valence-electron chi connectivity index (χ2n) is 9.02. The van der Waals surface area contributed by atoms with Crippen molar-refractivity contribution in [2.24, 2.45) is 0 Å². The summed E-state index contributed by atoms with van der Waals surface area (Å²) < 4.78 is 2.03. The second kappa shape index (κ2) is 10.6. The molecule has 0 radical (unpaired) electrons. The van der Waals surface area contributed by atoms with Gasteiger partial charge in [-0.25, -0.2) is 4.98 Å². The Balaban J connectivity index is 1.09. The van der Waals surface area contributed by atoms with Crippen molar-refractivity contribution < 1.29 is 9.59 Å². The molecular formula is C26H31N5O2S. The van der Waals surface area contributed by atoms with Crippen LogP contribution in [0.15, 0.2) is 59.8 Å². The third kappa shape index (κ3) is 5.45. The number of rotatable bonds is 6. The largest absolute Gasteiger partial charge is 0.342 e. The molecule has 4 heterocycles. The van der Waals surface area contributed by atoms with Crippen molar-refractivity contribution in [3.63, 3.8) is 0 Å². The maximum atomic E-state index is 13.0. The molecule has 0 spiro atoms. The zero-order chi connectivity index (χ0) is 23.3. The fourth-order valence-corrected chi connectivity index (χ4v) is 5.42. The van der Waals surface area contributed by atoms with Crippen LogP contribution in [0, 0.1) is 0 Å². The van der Waals surface area contributed by atoms with Crippen LogP contribution in [0.5, 0.6) is 0 Å². The number of fused-ring (bicyclic) bond motifs is 1. The molecule has 0 unspecified atom stereocenters. The molecule has 5 rings (SSSR count). The second-order valence-corrected chi connectivity index (χ2v) is 10.1. The first kappa shape index (κ1) is 22.9. The number of piperazine rings is 1. The van der Waals surface area contributed by atoms with E-state index in [9.17, 15) is 9.59 Å². The lowest BCUT2D eigenvalue weighted by atomic mass is 10.1. The maximum absolute atomic E-state index is 13.0. The van der Waals surface area contributed by atoms with Crippen molar-refractivity contribution in [1.29, 1.82) is 0 Å². The summed E-state index contributed by atoms with van der Waals surface area (Å²) >= 11 is 1.72. The van der Waals surface area contributed by atoms with E-state index in [2.05, 4.69) is 16.1 Å². The number of thioether (sulfide) groups is 1. The Bertz CT molecular complexity index is 1100. The van der Waals surface area contributed by atoms with E-state index in [-0.39, 0.29) is 11.8 Å². The smallest absolute Gasteiger partial charge is 0.253 e. The van der Waals surface area contributed by atoms with Crippen molar-refractivity contribution in [3.05, 3.63) is 66.1 Å². The summed E-state index contributed by atoms with van der Waals surface area (Å²) in [4.78, 5) is 37.3. The van der Waals surface area contributed by atoms with Crippen molar-refractivity contribution in [1.82, 2.24) is 24.1 Å². The average Bonchev–Trinajstić information content (AvgIpc) is 3.31. The minimum Gasteiger partial charge on any atom is -0.342 e. The Hall–Kier alpha value is -2.84. The minimum absolute atomic E-state index is 0.0684. The molecule has 0 N–H and O–H groups in total. The number of hydrogen-bond donors (Lipinski definition) is 0. The average molecular weight is 478 g/mol. The predicted octanol–water partition coefficient (Wildman–Crippen LogP) is 3.40. The molecule has 7 nitrogen and oxygen atoms in total. The minimum atomic E-state index is 0.0684. The van der Waals surface area contributed by atoms with E-state index < -0.39 is 0 Å². The molecule has 8 heteroatoms. The SMILES string of the molecule is O=C(CN1CCN(C(=O)c2ccc(SCc3cn4ccccc4n3)cc2)CC1)N1CCCCC1. The van der Waals surface area contributed by atoms with Crippen LogP contribution in [0.4, 0.5) is 0 Å². The third-order valence-corrected chi connectivity index (χ3v) is 7.67. The fourth-order valence-electron chi connectivity index (χ4n) is 4.63. The molecule has 0 bridgehead atoms. The first-order chi connectivity index (χ1) is 16.7. The quantitative estimate of drug-likeness (QED) is 0.510. The molecule has 178 valence electrons. The van der Waals surface area contributed by atoms with E-state index in [1.54, 1.807) is 11.8 Å². The lowest BCUT2D eigenvalue weighted by Crippen LogP contribution is -2.52. The van der Waals surface area contributed by atoms with Crippen molar-refractivity contribution in [2.45, 2.75) is 29.9 Å². The van der Waals surface area contributed by atoms with E-state index in [1.807, 2.05) is 62.9 Å². The molecule has 0 aliphatic carbocycles. The molecule has 2 amide bonds. The third-order valence-electron chi connectivity index (χ3n) is 6.63. The van der Waals surface area contributed by atoms with Crippen molar-refractivity contribution in [3.8, 4) is 0 Å². The van der Waals surface area contributed by atoms with Crippen LogP contribution < -0.4 is 0 Å². The van der Waals surface area contributed by atoms with Gasteiger partial charge in [0.2, 0.25) is 5.91 Å². The molecule has 0 saturated carbocycles. The Morgan fingerprint density at radius 3 is 2.35 bits per heavy atom. The molecule has 2 aromatic heterocycles. The topological polar surface area (TPSA) is 61.2 Å². The molecule has 0 atom stereocenters. The van der Waals surface area contributed by atoms with Gasteiger partial charge in [0.05, 0.1) is 12.2 Å². The van der Waals surface area contributed by atoms with Gasteiger partial charge in [-0.15, -0.1) is 11.8 Å². The van der Waals surface area contributed by atoms with Crippen LogP contribution in [0.2, 0.25) is 0 Å². The van der Waals surface area contributed by atoms with Crippen LogP contribution in [0.3, 0.4) is 0 Å². The Morgan fingerprint density at radius 2 is 1.62 bits per heavy atom. The molecule has 2 fully saturated rings. The number of nitrogens with zero attached hydrogens (tertiary/aromatic N) is 5. The molecule has 2 saturated heterocycles. The summed E-state index contributed by atoms with van der Waals surface area (Å²) in [5.74, 6) is 1.09. The molecule has 2 aliphatic rings. The summed E-state index contributed by atoms with van der Waals surface area (Å²) in [5, 5.41) is 0. The summed E-state index contributed by atoms with van der Waals surface area (Å²) in [6.07, 6.45) is 7.52. The van der Waals surface area contributed by atoms with Gasteiger partial charge in [-0.05, 0) is 55.7 Å². The number of benzene rings is 1. The van der Waals surface area contributed by atoms with Crippen LogP contribution in [-0.2, 0) is 10.5 Å². The lowest BCUT2D eigenvalue weighted by molar-refractivity contribution is -0.133. The Labute approximate surface area is 204 Å². The van der Waals surface area contributed by atoms with Gasteiger partial charge in [0, 0.05) is 67.9 Å². The van der Waals surface area contributed by atoms with Crippen LogP contribution in [0.25, 0.3) is 5.65 Å². The number of likely N-dealkylation sites (tertiary alicyclic amines) is 1. The summed E-state index contributed by atoms with van der Waals surface area (Å²) in [6, 6.07) is 13.9. The molecule has 1 aromatic carbocycles. The first-order valence-electron chi connectivity index (χ1n) is 12.1. The van der Waals surface area contributed by atoms with Gasteiger partial charge in [-0.1, -0.05) is 6.07 Å². The number of aromatic nitrogens is 2. The van der Waals surface area contributed by atoms with Crippen LogP contribution in [-0.4, -0.2) is 81.7 Å². The van der Waals surface area contributed by atoms with E-state index in [1.165, 1.54) is 6.42 Å². The zero-order valence-electron chi connectivity index (χ0n) is 19.4. The monoisotopic (exact) mass is 477 g/mol. The number of imidazole rings is 1. The Kier molecular flexibility index (Phi) is 7.16. The van der Waals surface area contributed by atoms with E-state index in [0.717, 1.165) is 66.6 Å². The van der Waals surface area contributed by atoms with Crippen molar-refractivity contribution >= 4 is 29.2 Å². The highest BCUT2D eigenvalue weighted by molar-refractivity contribution is 7.98. The van der Waals surface area contributed by atoms with E-state index in [4.69, 9.17) is 0 Å². The van der Waals surface area contributed by atoms with Gasteiger partial charge >= 0.3 is 0 Å². The number of carbonyl (C=O) groups is 2. The summed E-state index contributed by atoms with van der Waals surface area (Å²) in [7, 11) is 0. The van der Waals surface area contributed by atoms with Gasteiger partial charge in [0.25, 0.3) is 5.91 Å². The highest BCUT2D eigenvalue weighted by Crippen LogP contribution is 2.23. The van der Waals surface area contributed by atoms with E-state index >= 15 is 0 Å². The zero-order valence-corrected chi connectivity index (χ0v) is 20.3. The number of amides is 2. The first-order valence-corrected chi connectivity index (χ1v) is 13.1. The number of hydrogen-bond acceptors (Lipinski definition) is 5. The van der Waals surface area contributed by atoms with Gasteiger partial charge in [-0.3, -0.25) is 14.5 Å². The van der Waals surface area contributed by atoms with Gasteiger partial charge in [-0.2, -0.15) is 0 Å².